The first-order valence-corrected chi connectivity index (χ1v) is 19.2. The number of aromatic nitrogens is 2. The van der Waals surface area contributed by atoms with Crippen molar-refractivity contribution < 1.29 is 34.1 Å². The van der Waals surface area contributed by atoms with Gasteiger partial charge in [0, 0.05) is 24.7 Å². The lowest BCUT2D eigenvalue weighted by atomic mass is 9.86. The molecular formula is C42H62N6O7. The highest BCUT2D eigenvalue weighted by atomic mass is 16.5. The van der Waals surface area contributed by atoms with Crippen LogP contribution in [0.1, 0.15) is 91.6 Å². The number of nitrogens with one attached hydrogen (secondary N) is 5. The molecule has 55 heavy (non-hydrogen) atoms. The number of carbonyl (C=O) groups is 4. The summed E-state index contributed by atoms with van der Waals surface area (Å²) < 4.78 is 5.51. The zero-order chi connectivity index (χ0) is 40.8. The lowest BCUT2D eigenvalue weighted by Gasteiger charge is -2.29. The number of amides is 4. The Hall–Kier alpha value is -4.75. The Bertz CT molecular complexity index is 1680. The van der Waals surface area contributed by atoms with Crippen LogP contribution < -0.4 is 21.3 Å². The van der Waals surface area contributed by atoms with Crippen LogP contribution in [0.2, 0.25) is 0 Å². The van der Waals surface area contributed by atoms with E-state index >= 15 is 0 Å². The van der Waals surface area contributed by atoms with Crippen LogP contribution in [0.3, 0.4) is 0 Å². The van der Waals surface area contributed by atoms with Gasteiger partial charge < -0.3 is 41.2 Å². The Balaban J connectivity index is 1.90. The van der Waals surface area contributed by atoms with E-state index in [1.54, 1.807) is 6.20 Å². The van der Waals surface area contributed by atoms with Gasteiger partial charge in [-0.15, -0.1) is 0 Å². The Labute approximate surface area is 325 Å². The second-order valence-corrected chi connectivity index (χ2v) is 15.2. The molecule has 3 aromatic rings. The van der Waals surface area contributed by atoms with Crippen LogP contribution in [0.4, 0.5) is 4.79 Å². The number of H-pyrrole nitrogens is 1. The molecule has 0 saturated carbocycles. The van der Waals surface area contributed by atoms with Crippen molar-refractivity contribution in [3.05, 3.63) is 87.5 Å². The molecule has 0 radical (unpaired) electrons. The fraction of sp³-hybridized carbons (Fsp3) is 0.548. The predicted octanol–water partition coefficient (Wildman–Crippen LogP) is 4.32. The van der Waals surface area contributed by atoms with Gasteiger partial charge in [-0.3, -0.25) is 14.4 Å². The van der Waals surface area contributed by atoms with Gasteiger partial charge in [-0.05, 0) is 91.8 Å². The highest BCUT2D eigenvalue weighted by Gasteiger charge is 2.33. The average molecular weight is 763 g/mol. The second-order valence-electron chi connectivity index (χ2n) is 15.2. The lowest BCUT2D eigenvalue weighted by molar-refractivity contribution is -0.131. The standard InChI is InChI=1S/C42H62N6O7/c1-10-25(4)37(21-49)45-39(51)19-38(50)34(16-24(2)3)46-40(52)35(17-32-20-43-23-44-32)47-41(53)36(48-42(54)55-22-31-14-12-11-13-15-31)18-33-29(8)27(6)26(5)28(7)30(33)9/h11-15,20,23-25,34-38,49-50H,10,16-19,21-22H2,1-9H3,(H,43,44)(H,45,51)(H,46,52)(H,47,53)(H,48,54)/t25?,34?,35-,36-,37+,38?/m0/s1. The summed E-state index contributed by atoms with van der Waals surface area (Å²) in [4.78, 5) is 61.6. The Morgan fingerprint density at radius 3 is 1.96 bits per heavy atom. The molecule has 0 aliphatic carbocycles. The molecule has 302 valence electrons. The number of aliphatic hydroxyl groups excluding tert-OH is 2. The number of aromatic amines is 1. The predicted molar refractivity (Wildman–Crippen MR) is 212 cm³/mol. The molecule has 2 aromatic carbocycles. The molecule has 3 rings (SSSR count). The molecule has 7 N–H and O–H groups in total. The van der Waals surface area contributed by atoms with Crippen LogP contribution in [0, 0.1) is 46.5 Å². The van der Waals surface area contributed by atoms with E-state index in [-0.39, 0.29) is 44.3 Å². The summed E-state index contributed by atoms with van der Waals surface area (Å²) >= 11 is 0. The fourth-order valence-electron chi connectivity index (χ4n) is 6.66. The molecule has 0 fully saturated rings. The summed E-state index contributed by atoms with van der Waals surface area (Å²) in [5.41, 5.74) is 7.63. The van der Waals surface area contributed by atoms with E-state index in [0.29, 0.717) is 12.1 Å². The van der Waals surface area contributed by atoms with Gasteiger partial charge in [0.05, 0.1) is 37.5 Å². The number of hydrogen-bond acceptors (Lipinski definition) is 8. The molecule has 1 aromatic heterocycles. The van der Waals surface area contributed by atoms with Crippen LogP contribution in [0.15, 0.2) is 42.9 Å². The largest absolute Gasteiger partial charge is 0.445 e. The van der Waals surface area contributed by atoms with E-state index < -0.39 is 54.1 Å². The van der Waals surface area contributed by atoms with Gasteiger partial charge >= 0.3 is 6.09 Å². The number of benzene rings is 2. The van der Waals surface area contributed by atoms with Crippen molar-refractivity contribution in [1.29, 1.82) is 0 Å². The van der Waals surface area contributed by atoms with Crippen LogP contribution in [0.25, 0.3) is 0 Å². The summed E-state index contributed by atoms with van der Waals surface area (Å²) in [5, 5.41) is 32.4. The van der Waals surface area contributed by atoms with Crippen molar-refractivity contribution >= 4 is 23.8 Å². The molecule has 0 aliphatic rings. The summed E-state index contributed by atoms with van der Waals surface area (Å²) in [5.74, 6) is -1.57. The maximum atomic E-state index is 14.3. The van der Waals surface area contributed by atoms with Gasteiger partial charge in [0.2, 0.25) is 17.7 Å². The topological polar surface area (TPSA) is 195 Å². The van der Waals surface area contributed by atoms with E-state index in [0.717, 1.165) is 45.4 Å². The molecule has 4 amide bonds. The Morgan fingerprint density at radius 1 is 0.800 bits per heavy atom. The third-order valence-electron chi connectivity index (χ3n) is 10.8. The third-order valence-corrected chi connectivity index (χ3v) is 10.8. The minimum atomic E-state index is -1.25. The Morgan fingerprint density at radius 2 is 1.40 bits per heavy atom. The molecule has 0 saturated heterocycles. The SMILES string of the molecule is CCC(C)[C@@H](CO)NC(=O)CC(O)C(CC(C)C)NC(=O)[C@H](Cc1cnc[nH]1)NC(=O)[C@H](Cc1c(C)c(C)c(C)c(C)c1C)NC(=O)OCc1ccccc1. The monoisotopic (exact) mass is 762 g/mol. The fourth-order valence-corrected chi connectivity index (χ4v) is 6.66. The summed E-state index contributed by atoms with van der Waals surface area (Å²) in [7, 11) is 0. The molecule has 0 aliphatic heterocycles. The van der Waals surface area contributed by atoms with Crippen molar-refractivity contribution in [1.82, 2.24) is 31.2 Å². The van der Waals surface area contributed by atoms with Gasteiger partial charge in [0.25, 0.3) is 0 Å². The normalized spacial score (nSPS) is 14.6. The zero-order valence-electron chi connectivity index (χ0n) is 33.9. The molecule has 3 unspecified atom stereocenters. The van der Waals surface area contributed by atoms with Crippen LogP contribution in [-0.4, -0.2) is 80.9 Å². The van der Waals surface area contributed by atoms with Crippen LogP contribution in [-0.2, 0) is 38.6 Å². The number of ether oxygens (including phenoxy) is 1. The van der Waals surface area contributed by atoms with Gasteiger partial charge in [-0.2, -0.15) is 0 Å². The van der Waals surface area contributed by atoms with E-state index in [1.807, 2.05) is 85.7 Å². The summed E-state index contributed by atoms with van der Waals surface area (Å²) in [6, 6.07) is 5.63. The number of carbonyl (C=O) groups excluding carboxylic acids is 4. The number of hydrogen-bond donors (Lipinski definition) is 7. The second kappa shape index (κ2) is 21.4. The number of nitrogens with zero attached hydrogens (tertiary/aromatic N) is 1. The van der Waals surface area contributed by atoms with Gasteiger partial charge in [0.1, 0.15) is 18.7 Å². The van der Waals surface area contributed by atoms with Crippen molar-refractivity contribution in [3.8, 4) is 0 Å². The first-order chi connectivity index (χ1) is 26.1. The summed E-state index contributed by atoms with van der Waals surface area (Å²) in [6.45, 7) is 17.6. The highest BCUT2D eigenvalue weighted by Crippen LogP contribution is 2.27. The van der Waals surface area contributed by atoms with Crippen molar-refractivity contribution in [2.75, 3.05) is 6.61 Å². The minimum absolute atomic E-state index is 0.00253. The molecule has 13 nitrogen and oxygen atoms in total. The average Bonchev–Trinajstić information content (AvgIpc) is 3.68. The maximum Gasteiger partial charge on any atom is 0.408 e. The third kappa shape index (κ3) is 13.2. The van der Waals surface area contributed by atoms with E-state index in [4.69, 9.17) is 4.74 Å². The van der Waals surface area contributed by atoms with Crippen molar-refractivity contribution in [2.45, 2.75) is 131 Å². The number of imidazole rings is 1. The molecule has 0 spiro atoms. The molecule has 6 atom stereocenters. The zero-order valence-corrected chi connectivity index (χ0v) is 33.9. The first kappa shape index (κ1) is 44.6. The highest BCUT2D eigenvalue weighted by molar-refractivity contribution is 5.92. The van der Waals surface area contributed by atoms with Gasteiger partial charge in [-0.25, -0.2) is 9.78 Å². The van der Waals surface area contributed by atoms with E-state index in [9.17, 15) is 29.4 Å². The van der Waals surface area contributed by atoms with E-state index in [1.165, 1.54) is 6.33 Å². The van der Waals surface area contributed by atoms with Gasteiger partial charge in [0.15, 0.2) is 0 Å². The van der Waals surface area contributed by atoms with Gasteiger partial charge in [-0.1, -0.05) is 64.4 Å². The maximum absolute atomic E-state index is 14.3. The van der Waals surface area contributed by atoms with Crippen LogP contribution in [0.5, 0.6) is 0 Å². The number of rotatable bonds is 20. The number of alkyl carbamates (subject to hydrolysis) is 1. The quantitative estimate of drug-likeness (QED) is 0.0884. The molecule has 1 heterocycles. The smallest absolute Gasteiger partial charge is 0.408 e. The number of aliphatic hydroxyl groups is 2. The summed E-state index contributed by atoms with van der Waals surface area (Å²) in [6.07, 6.45) is 1.95. The molecule has 13 heteroatoms. The van der Waals surface area contributed by atoms with E-state index in [2.05, 4.69) is 38.2 Å². The molecular weight excluding hydrogens is 700 g/mol. The van der Waals surface area contributed by atoms with Crippen molar-refractivity contribution in [3.63, 3.8) is 0 Å². The van der Waals surface area contributed by atoms with Crippen molar-refractivity contribution in [2.24, 2.45) is 11.8 Å². The molecule has 0 bridgehead atoms. The van der Waals surface area contributed by atoms with Crippen LogP contribution >= 0.6 is 0 Å². The minimum Gasteiger partial charge on any atom is -0.445 e. The lowest BCUT2D eigenvalue weighted by Crippen LogP contribution is -2.57. The Kier molecular flexibility index (Phi) is 17.3. The first-order valence-electron chi connectivity index (χ1n) is 19.2.